The number of hydrogen-bond acceptors (Lipinski definition) is 7. The Morgan fingerprint density at radius 3 is 2.73 bits per heavy atom. The van der Waals surface area contributed by atoms with E-state index in [1.807, 2.05) is 30.6 Å². The number of thiophene rings is 1. The van der Waals surface area contributed by atoms with Crippen molar-refractivity contribution >= 4 is 39.1 Å². The summed E-state index contributed by atoms with van der Waals surface area (Å²) in [7, 11) is 0. The van der Waals surface area contributed by atoms with Gasteiger partial charge in [-0.15, -0.1) is 11.3 Å². The van der Waals surface area contributed by atoms with E-state index in [1.165, 1.54) is 24.1 Å². The number of hydrogen-bond donors (Lipinski definition) is 3. The highest BCUT2D eigenvalue weighted by molar-refractivity contribution is 7.15. The molecule has 0 radical (unpaired) electrons. The van der Waals surface area contributed by atoms with E-state index in [4.69, 9.17) is 9.97 Å². The van der Waals surface area contributed by atoms with E-state index in [1.54, 1.807) is 17.5 Å². The highest BCUT2D eigenvalue weighted by atomic mass is 32.1. The van der Waals surface area contributed by atoms with E-state index in [9.17, 15) is 0 Å². The molecule has 1 fully saturated rings. The van der Waals surface area contributed by atoms with Gasteiger partial charge < -0.3 is 10.3 Å². The minimum absolute atomic E-state index is 0.551. The summed E-state index contributed by atoms with van der Waals surface area (Å²) in [5.41, 5.74) is 8.56. The van der Waals surface area contributed by atoms with Crippen molar-refractivity contribution in [1.29, 1.82) is 0 Å². The second-order valence-corrected chi connectivity index (χ2v) is 10.7. The molecule has 0 aromatic carbocycles. The molecule has 0 aliphatic heterocycles. The number of fused-ring (bicyclic) bond motifs is 2. The van der Waals surface area contributed by atoms with Crippen molar-refractivity contribution in [3.8, 4) is 33.3 Å². The largest absolute Gasteiger partial charge is 0.358 e. The molecule has 6 heterocycles. The molecule has 9 heteroatoms. The second-order valence-electron chi connectivity index (χ2n) is 9.46. The van der Waals surface area contributed by atoms with Crippen molar-refractivity contribution in [3.05, 3.63) is 72.1 Å². The number of nitrogens with zero attached hydrogens (tertiary/aromatic N) is 5. The first-order chi connectivity index (χ1) is 18.1. The third-order valence-corrected chi connectivity index (χ3v) is 7.95. The normalized spacial score (nSPS) is 13.8. The summed E-state index contributed by atoms with van der Waals surface area (Å²) >= 11 is 1.71. The molecule has 1 aliphatic rings. The van der Waals surface area contributed by atoms with Crippen LogP contribution in [0, 0.1) is 12.8 Å². The lowest BCUT2D eigenvalue weighted by atomic mass is 9.83. The number of aromatic nitrogens is 7. The van der Waals surface area contributed by atoms with Crippen LogP contribution < -0.4 is 5.32 Å². The van der Waals surface area contributed by atoms with Crippen LogP contribution in [0.2, 0.25) is 0 Å². The fourth-order valence-electron chi connectivity index (χ4n) is 4.71. The lowest BCUT2D eigenvalue weighted by molar-refractivity contribution is 0.371. The van der Waals surface area contributed by atoms with Crippen LogP contribution >= 0.6 is 11.3 Å². The van der Waals surface area contributed by atoms with Crippen LogP contribution in [-0.2, 0) is 0 Å². The van der Waals surface area contributed by atoms with Gasteiger partial charge in [0.25, 0.3) is 0 Å². The fourth-order valence-corrected chi connectivity index (χ4v) is 5.57. The maximum Gasteiger partial charge on any atom is 0.161 e. The number of imidazole rings is 1. The summed E-state index contributed by atoms with van der Waals surface area (Å²) in [6, 6.07) is 12.2. The highest BCUT2D eigenvalue weighted by Crippen LogP contribution is 2.35. The molecule has 0 atom stereocenters. The van der Waals surface area contributed by atoms with E-state index < -0.39 is 0 Å². The number of aromatic amines is 2. The Hall–Kier alpha value is -4.37. The van der Waals surface area contributed by atoms with Gasteiger partial charge in [-0.25, -0.2) is 9.97 Å². The zero-order valence-electron chi connectivity index (χ0n) is 20.2. The predicted octanol–water partition coefficient (Wildman–Crippen LogP) is 6.72. The number of pyridine rings is 3. The molecule has 0 spiro atoms. The molecule has 3 N–H and O–H groups in total. The standard InChI is InChI=1S/C28H24N8S/c1-15-6-9-23(37-15)26-24-21(10-11-30-26)33-28(34-24)27-25-22(35-36-27)8-7-20(32-25)18-12-19(14-29-13-18)31-16(2)17-4-3-5-17/h6-14,17,31H,2-5H2,1H3,(H,33,34)(H,35,36). The van der Waals surface area contributed by atoms with Gasteiger partial charge in [0.05, 0.1) is 33.5 Å². The maximum absolute atomic E-state index is 4.96. The zero-order chi connectivity index (χ0) is 24.9. The van der Waals surface area contributed by atoms with Gasteiger partial charge in [-0.1, -0.05) is 13.0 Å². The summed E-state index contributed by atoms with van der Waals surface area (Å²) in [5.74, 6) is 1.20. The van der Waals surface area contributed by atoms with E-state index in [0.717, 1.165) is 55.3 Å². The van der Waals surface area contributed by atoms with E-state index in [-0.39, 0.29) is 0 Å². The van der Waals surface area contributed by atoms with Crippen molar-refractivity contribution in [2.75, 3.05) is 5.32 Å². The number of H-pyrrole nitrogens is 2. The first-order valence-electron chi connectivity index (χ1n) is 12.3. The number of allylic oxidation sites excluding steroid dienone is 1. The zero-order valence-corrected chi connectivity index (χ0v) is 21.1. The third-order valence-electron chi connectivity index (χ3n) is 6.94. The molecule has 0 unspecified atom stereocenters. The minimum Gasteiger partial charge on any atom is -0.358 e. The van der Waals surface area contributed by atoms with Gasteiger partial charge in [-0.05, 0) is 62.1 Å². The Morgan fingerprint density at radius 2 is 1.92 bits per heavy atom. The minimum atomic E-state index is 0.551. The molecule has 8 nitrogen and oxygen atoms in total. The summed E-state index contributed by atoms with van der Waals surface area (Å²) < 4.78 is 0. The molecular formula is C28H24N8S. The van der Waals surface area contributed by atoms with Crippen molar-refractivity contribution in [1.82, 2.24) is 35.1 Å². The number of nitrogens with one attached hydrogen (secondary N) is 3. The Bertz CT molecular complexity index is 1790. The van der Waals surface area contributed by atoms with Crippen LogP contribution in [0.5, 0.6) is 0 Å². The maximum atomic E-state index is 4.96. The lowest BCUT2D eigenvalue weighted by Gasteiger charge is -2.28. The average molecular weight is 505 g/mol. The first kappa shape index (κ1) is 21.9. The molecule has 182 valence electrons. The molecule has 1 aliphatic carbocycles. The van der Waals surface area contributed by atoms with Crippen molar-refractivity contribution in [3.63, 3.8) is 0 Å². The molecule has 0 saturated heterocycles. The van der Waals surface area contributed by atoms with Crippen LogP contribution in [0.4, 0.5) is 5.69 Å². The number of rotatable bonds is 6. The molecule has 6 aromatic heterocycles. The van der Waals surface area contributed by atoms with Gasteiger partial charge in [-0.2, -0.15) is 5.10 Å². The molecule has 0 bridgehead atoms. The van der Waals surface area contributed by atoms with E-state index >= 15 is 0 Å². The van der Waals surface area contributed by atoms with Gasteiger partial charge in [0, 0.05) is 28.5 Å². The van der Waals surface area contributed by atoms with Gasteiger partial charge in [-0.3, -0.25) is 15.1 Å². The SMILES string of the molecule is C=C(Nc1cncc(-c2ccc3[nH]nc(-c4nc5c(-c6ccc(C)s6)nccc5[nH]4)c3n2)c1)C1CCC1. The molecule has 1 saturated carbocycles. The quantitative estimate of drug-likeness (QED) is 0.232. The highest BCUT2D eigenvalue weighted by Gasteiger charge is 2.21. The molecule has 37 heavy (non-hydrogen) atoms. The van der Waals surface area contributed by atoms with Gasteiger partial charge >= 0.3 is 0 Å². The second kappa shape index (κ2) is 8.63. The fraction of sp³-hybridized carbons (Fsp3) is 0.179. The predicted molar refractivity (Wildman–Crippen MR) is 148 cm³/mol. The molecular weight excluding hydrogens is 480 g/mol. The van der Waals surface area contributed by atoms with E-state index in [2.05, 4.69) is 62.2 Å². The summed E-state index contributed by atoms with van der Waals surface area (Å²) in [6.07, 6.45) is 9.13. The first-order valence-corrected chi connectivity index (χ1v) is 13.1. The van der Waals surface area contributed by atoms with Crippen LogP contribution in [0.15, 0.2) is 67.3 Å². The Balaban J connectivity index is 1.26. The van der Waals surface area contributed by atoms with Crippen molar-refractivity contribution in [2.45, 2.75) is 26.2 Å². The van der Waals surface area contributed by atoms with Crippen LogP contribution in [-0.4, -0.2) is 35.1 Å². The van der Waals surface area contributed by atoms with Crippen molar-refractivity contribution < 1.29 is 0 Å². The number of anilines is 1. The third kappa shape index (κ3) is 3.88. The summed E-state index contributed by atoms with van der Waals surface area (Å²) in [6.45, 7) is 6.31. The van der Waals surface area contributed by atoms with Crippen molar-refractivity contribution in [2.24, 2.45) is 5.92 Å². The monoisotopic (exact) mass is 504 g/mol. The van der Waals surface area contributed by atoms with Crippen LogP contribution in [0.25, 0.3) is 55.4 Å². The molecule has 0 amide bonds. The van der Waals surface area contributed by atoms with Crippen LogP contribution in [0.1, 0.15) is 24.1 Å². The van der Waals surface area contributed by atoms with Crippen LogP contribution in [0.3, 0.4) is 0 Å². The smallest absolute Gasteiger partial charge is 0.161 e. The summed E-state index contributed by atoms with van der Waals surface area (Å²) in [5, 5.41) is 11.1. The Labute approximate surface area is 217 Å². The van der Waals surface area contributed by atoms with E-state index in [0.29, 0.717) is 17.4 Å². The van der Waals surface area contributed by atoms with Gasteiger partial charge in [0.15, 0.2) is 11.5 Å². The van der Waals surface area contributed by atoms with Gasteiger partial charge in [0.2, 0.25) is 0 Å². The molecule has 7 rings (SSSR count). The topological polar surface area (TPSA) is 108 Å². The Kier molecular flexibility index (Phi) is 5.10. The Morgan fingerprint density at radius 1 is 1.03 bits per heavy atom. The molecule has 6 aromatic rings. The number of aryl methyl sites for hydroxylation is 1. The lowest BCUT2D eigenvalue weighted by Crippen LogP contribution is -2.18. The van der Waals surface area contributed by atoms with Gasteiger partial charge in [0.1, 0.15) is 16.7 Å². The average Bonchev–Trinajstić information content (AvgIpc) is 3.60. The summed E-state index contributed by atoms with van der Waals surface area (Å²) in [4.78, 5) is 24.7.